The highest BCUT2D eigenvalue weighted by molar-refractivity contribution is 7.12. The molecule has 0 amide bonds. The van der Waals surface area contributed by atoms with Crippen LogP contribution in [0.4, 0.5) is 8.78 Å². The number of carboxylic acid groups (broad SMARTS) is 1. The molecule has 0 atom stereocenters. The van der Waals surface area contributed by atoms with Gasteiger partial charge in [-0.05, 0) is 56.2 Å². The Balaban J connectivity index is 0.00000105. The first-order chi connectivity index (χ1) is 12.4. The van der Waals surface area contributed by atoms with Gasteiger partial charge in [0.25, 0.3) is 12.9 Å². The van der Waals surface area contributed by atoms with Crippen LogP contribution in [-0.2, 0) is 4.79 Å². The summed E-state index contributed by atoms with van der Waals surface area (Å²) in [4.78, 5) is 15.9. The Bertz CT molecular complexity index is 647. The summed E-state index contributed by atoms with van der Waals surface area (Å²) in [6.45, 7) is 7.46. The van der Waals surface area contributed by atoms with Crippen LogP contribution in [0.2, 0.25) is 0 Å². The quantitative estimate of drug-likeness (QED) is 0.543. The van der Waals surface area contributed by atoms with Crippen molar-refractivity contribution >= 4 is 23.5 Å². The van der Waals surface area contributed by atoms with E-state index in [1.54, 1.807) is 6.92 Å². The van der Waals surface area contributed by atoms with Crippen molar-refractivity contribution in [1.29, 1.82) is 0 Å². The second-order valence-corrected chi connectivity index (χ2v) is 6.83. The van der Waals surface area contributed by atoms with Gasteiger partial charge in [0, 0.05) is 18.8 Å². The van der Waals surface area contributed by atoms with Crippen LogP contribution < -0.4 is 0 Å². The minimum Gasteiger partial charge on any atom is -0.483 e. The fourth-order valence-corrected chi connectivity index (χ4v) is 3.27. The van der Waals surface area contributed by atoms with Crippen LogP contribution in [0.15, 0.2) is 45.5 Å². The third-order valence-corrected chi connectivity index (χ3v) is 5.03. The fourth-order valence-electron chi connectivity index (χ4n) is 2.58. The monoisotopic (exact) mass is 384 g/mol. The van der Waals surface area contributed by atoms with Crippen molar-refractivity contribution in [2.24, 2.45) is 4.99 Å². The van der Waals surface area contributed by atoms with Crippen LogP contribution in [0.25, 0.3) is 0 Å². The van der Waals surface area contributed by atoms with Crippen molar-refractivity contribution in [2.75, 3.05) is 13.1 Å². The third-order valence-electron chi connectivity index (χ3n) is 4.14. The summed E-state index contributed by atoms with van der Waals surface area (Å²) in [5.74, 6) is 0. The summed E-state index contributed by atoms with van der Waals surface area (Å²) in [5, 5.41) is 8.84. The van der Waals surface area contributed by atoms with Crippen molar-refractivity contribution in [3.63, 3.8) is 0 Å². The minimum absolute atomic E-state index is 0.0960. The number of aliphatic imine (C=N–C) groups is 1. The predicted molar refractivity (Wildman–Crippen MR) is 103 cm³/mol. The second-order valence-electron chi connectivity index (χ2n) is 5.88. The van der Waals surface area contributed by atoms with E-state index in [9.17, 15) is 8.78 Å². The average molecular weight is 384 g/mol. The molecule has 1 saturated heterocycles. The number of likely N-dealkylation sites (tertiary alicyclic amines) is 1. The van der Waals surface area contributed by atoms with Gasteiger partial charge in [-0.2, -0.15) is 0 Å². The highest BCUT2D eigenvalue weighted by atomic mass is 32.1. The lowest BCUT2D eigenvalue weighted by Gasteiger charge is -2.18. The molecule has 2 rings (SSSR count). The molecule has 1 aromatic rings. The highest BCUT2D eigenvalue weighted by Crippen LogP contribution is 2.22. The number of carbonyl (C=O) groups is 1. The molecule has 7 heteroatoms. The van der Waals surface area contributed by atoms with E-state index in [4.69, 9.17) is 9.90 Å². The minimum atomic E-state index is -2.55. The maximum absolute atomic E-state index is 13.4. The van der Waals surface area contributed by atoms with Crippen molar-refractivity contribution in [3.05, 3.63) is 45.4 Å². The second kappa shape index (κ2) is 11.6. The average Bonchev–Trinajstić information content (AvgIpc) is 3.31. The molecule has 1 aliphatic heterocycles. The highest BCUT2D eigenvalue weighted by Gasteiger charge is 2.17. The van der Waals surface area contributed by atoms with Crippen molar-refractivity contribution in [2.45, 2.75) is 46.5 Å². The first-order valence-electron chi connectivity index (χ1n) is 8.56. The largest absolute Gasteiger partial charge is 0.483 e. The number of hydrogen-bond donors (Lipinski definition) is 1. The molecule has 0 bridgehead atoms. The van der Waals surface area contributed by atoms with Crippen molar-refractivity contribution in [1.82, 2.24) is 4.90 Å². The van der Waals surface area contributed by atoms with Crippen LogP contribution in [0, 0.1) is 0 Å². The molecule has 144 valence electrons. The molecule has 1 N–H and O–H groups in total. The molecule has 1 aromatic heterocycles. The van der Waals surface area contributed by atoms with Gasteiger partial charge in [0.2, 0.25) is 0 Å². The van der Waals surface area contributed by atoms with E-state index in [0.717, 1.165) is 23.7 Å². The summed E-state index contributed by atoms with van der Waals surface area (Å²) < 4.78 is 26.8. The molecule has 0 unspecified atom stereocenters. The Labute approximate surface area is 157 Å². The zero-order valence-electron chi connectivity index (χ0n) is 15.4. The molecule has 1 aliphatic rings. The van der Waals surface area contributed by atoms with E-state index < -0.39 is 6.43 Å². The number of hydrogen-bond acceptors (Lipinski definition) is 4. The van der Waals surface area contributed by atoms with Crippen LogP contribution in [0.5, 0.6) is 0 Å². The lowest BCUT2D eigenvalue weighted by Crippen LogP contribution is -2.17. The normalized spacial score (nSPS) is 16.3. The van der Waals surface area contributed by atoms with Gasteiger partial charge in [-0.1, -0.05) is 13.0 Å². The van der Waals surface area contributed by atoms with Gasteiger partial charge in [0.1, 0.15) is 5.70 Å². The zero-order valence-corrected chi connectivity index (χ0v) is 16.2. The number of alkyl halides is 2. The van der Waals surface area contributed by atoms with Crippen molar-refractivity contribution < 1.29 is 18.7 Å². The molecular formula is C19H26F2N2O2S. The molecule has 4 nitrogen and oxygen atoms in total. The van der Waals surface area contributed by atoms with E-state index >= 15 is 0 Å². The summed E-state index contributed by atoms with van der Waals surface area (Å²) in [6, 6.07) is 3.86. The number of halogens is 2. The van der Waals surface area contributed by atoms with Crippen LogP contribution in [0.3, 0.4) is 0 Å². The number of thiophene rings is 1. The van der Waals surface area contributed by atoms with E-state index in [1.807, 2.05) is 37.4 Å². The Morgan fingerprint density at radius 1 is 1.38 bits per heavy atom. The van der Waals surface area contributed by atoms with Gasteiger partial charge in [-0.3, -0.25) is 4.79 Å². The molecule has 1 fully saturated rings. The molecular weight excluding hydrogens is 358 g/mol. The molecule has 26 heavy (non-hydrogen) atoms. The van der Waals surface area contributed by atoms with Crippen molar-refractivity contribution in [3.8, 4) is 0 Å². The predicted octanol–water partition coefficient (Wildman–Crippen LogP) is 5.19. The fraction of sp³-hybridized carbons (Fsp3) is 0.474. The Kier molecular flexibility index (Phi) is 9.80. The summed E-state index contributed by atoms with van der Waals surface area (Å²) in [7, 11) is 0. The number of nitrogens with zero attached hydrogens (tertiary/aromatic N) is 2. The summed E-state index contributed by atoms with van der Waals surface area (Å²) in [5.41, 5.74) is 2.27. The lowest BCUT2D eigenvalue weighted by atomic mass is 10.1. The number of allylic oxidation sites excluding steroid dienone is 4. The molecule has 0 radical (unpaired) electrons. The third kappa shape index (κ3) is 6.71. The Morgan fingerprint density at radius 2 is 2.00 bits per heavy atom. The van der Waals surface area contributed by atoms with Crippen LogP contribution >= 0.6 is 11.3 Å². The van der Waals surface area contributed by atoms with Gasteiger partial charge < -0.3 is 10.0 Å². The molecule has 0 aliphatic carbocycles. The smallest absolute Gasteiger partial charge is 0.290 e. The topological polar surface area (TPSA) is 52.9 Å². The van der Waals surface area contributed by atoms with Gasteiger partial charge in [-0.25, -0.2) is 13.8 Å². The van der Waals surface area contributed by atoms with E-state index in [1.165, 1.54) is 24.2 Å². The lowest BCUT2D eigenvalue weighted by molar-refractivity contribution is -0.122. The number of rotatable bonds is 6. The van der Waals surface area contributed by atoms with Gasteiger partial charge in [-0.15, -0.1) is 11.3 Å². The van der Waals surface area contributed by atoms with Gasteiger partial charge in [0.05, 0.1) is 10.6 Å². The van der Waals surface area contributed by atoms with Crippen LogP contribution in [0.1, 0.15) is 44.9 Å². The first kappa shape index (κ1) is 22.0. The molecule has 0 spiro atoms. The maximum atomic E-state index is 13.4. The standard InChI is InChI=1S/C18H24F2N2S.CH2O2/c1-4-13(2)17(18(19)20)21-15(16-8-7-11-23-16)12-14(3)22-9-5-6-10-22;2-1-3/h7-8,11-12,18H,4-6,9-10H2,1-3H3;1H,(H,2,3)/b14-12+,17-13+,21-15-;. The molecule has 0 saturated carbocycles. The van der Waals surface area contributed by atoms with Gasteiger partial charge in [0.15, 0.2) is 0 Å². The van der Waals surface area contributed by atoms with Gasteiger partial charge >= 0.3 is 0 Å². The molecule has 2 heterocycles. The maximum Gasteiger partial charge on any atom is 0.290 e. The molecule has 0 aromatic carbocycles. The van der Waals surface area contributed by atoms with E-state index in [2.05, 4.69) is 9.89 Å². The first-order valence-corrected chi connectivity index (χ1v) is 9.44. The Hall–Kier alpha value is -2.02. The zero-order chi connectivity index (χ0) is 19.5. The van der Waals surface area contributed by atoms with E-state index in [-0.39, 0.29) is 12.2 Å². The Morgan fingerprint density at radius 3 is 2.46 bits per heavy atom. The van der Waals surface area contributed by atoms with E-state index in [0.29, 0.717) is 17.7 Å². The summed E-state index contributed by atoms with van der Waals surface area (Å²) in [6.07, 6.45) is 2.35. The summed E-state index contributed by atoms with van der Waals surface area (Å²) >= 11 is 1.53. The van der Waals surface area contributed by atoms with Crippen LogP contribution in [-0.4, -0.2) is 41.7 Å². The SMILES string of the molecule is CC/C(C)=C(/N=C(/C=C(\C)N1CCCC1)c1cccs1)C(F)F.O=CO.